The van der Waals surface area contributed by atoms with E-state index >= 15 is 0 Å². The number of piperidine rings is 1. The molecule has 0 aromatic carbocycles. The molecule has 0 aliphatic carbocycles. The summed E-state index contributed by atoms with van der Waals surface area (Å²) >= 11 is 1.63. The van der Waals surface area contributed by atoms with Gasteiger partial charge in [0.05, 0.1) is 10.9 Å². The van der Waals surface area contributed by atoms with Gasteiger partial charge in [-0.3, -0.25) is 0 Å². The summed E-state index contributed by atoms with van der Waals surface area (Å²) in [6.45, 7) is 1.72. The van der Waals surface area contributed by atoms with E-state index in [1.807, 2.05) is 29.9 Å². The van der Waals surface area contributed by atoms with E-state index in [9.17, 15) is 0 Å². The average Bonchev–Trinajstić information content (AvgIpc) is 3.36. The maximum atomic E-state index is 8.85. The Bertz CT molecular complexity index is 924. The fraction of sp³-hybridized carbons (Fsp3) is 0.316. The molecular weight excluding hydrogens is 346 g/mol. The summed E-state index contributed by atoms with van der Waals surface area (Å²) in [5, 5.41) is 10.9. The van der Waals surface area contributed by atoms with Crippen LogP contribution in [0, 0.1) is 11.8 Å². The van der Waals surface area contributed by atoms with E-state index in [1.54, 1.807) is 23.7 Å². The number of aliphatic hydroxyl groups is 1. The predicted octanol–water partition coefficient (Wildman–Crippen LogP) is 2.59. The van der Waals surface area contributed by atoms with Crippen molar-refractivity contribution in [1.29, 1.82) is 0 Å². The molecule has 1 aliphatic heterocycles. The van der Waals surface area contributed by atoms with Crippen molar-refractivity contribution < 1.29 is 5.11 Å². The molecule has 26 heavy (non-hydrogen) atoms. The second-order valence-corrected chi connectivity index (χ2v) is 7.02. The smallest absolute Gasteiger partial charge is 0.225 e. The van der Waals surface area contributed by atoms with Crippen molar-refractivity contribution >= 4 is 17.3 Å². The standard InChI is InChI=1S/C19H19N5OS/c25-11-2-4-15-12-17(26-14-15)18-20-8-10-24(18)16-5-1-9-23(13-16)19-21-6-3-7-22-19/h3,6-8,10,12,14,16,25H,1,5,9,11,13H2/t16-/m1/s1. The summed E-state index contributed by atoms with van der Waals surface area (Å²) in [5.74, 6) is 7.40. The van der Waals surface area contributed by atoms with Gasteiger partial charge in [0.15, 0.2) is 0 Å². The van der Waals surface area contributed by atoms with E-state index in [-0.39, 0.29) is 6.61 Å². The molecule has 3 aromatic heterocycles. The Hall–Kier alpha value is -2.69. The molecule has 1 atom stereocenters. The van der Waals surface area contributed by atoms with Gasteiger partial charge in [0.2, 0.25) is 5.95 Å². The molecule has 4 rings (SSSR count). The third kappa shape index (κ3) is 3.47. The summed E-state index contributed by atoms with van der Waals surface area (Å²) in [6, 6.07) is 4.21. The Labute approximate surface area is 156 Å². The second kappa shape index (κ2) is 7.68. The fourth-order valence-corrected chi connectivity index (χ4v) is 4.12. The Morgan fingerprint density at radius 3 is 2.96 bits per heavy atom. The highest BCUT2D eigenvalue weighted by molar-refractivity contribution is 7.13. The van der Waals surface area contributed by atoms with Gasteiger partial charge in [0.25, 0.3) is 0 Å². The number of hydrogen-bond acceptors (Lipinski definition) is 6. The molecule has 0 radical (unpaired) electrons. The van der Waals surface area contributed by atoms with Gasteiger partial charge in [-0.1, -0.05) is 11.8 Å². The Kier molecular flexibility index (Phi) is 4.95. The van der Waals surface area contributed by atoms with Crippen LogP contribution >= 0.6 is 11.3 Å². The lowest BCUT2D eigenvalue weighted by molar-refractivity contribution is 0.350. The van der Waals surface area contributed by atoms with Crippen molar-refractivity contribution in [2.75, 3.05) is 24.6 Å². The van der Waals surface area contributed by atoms with E-state index in [2.05, 4.69) is 36.3 Å². The SMILES string of the molecule is OCC#Cc1csc(-c2nccn2[C@@H]2CCCN(c3ncccn3)C2)c1. The Morgan fingerprint density at radius 2 is 2.12 bits per heavy atom. The number of aliphatic hydroxyl groups excluding tert-OH is 1. The topological polar surface area (TPSA) is 67.1 Å². The summed E-state index contributed by atoms with van der Waals surface area (Å²) in [5.41, 5.74) is 0.913. The first kappa shape index (κ1) is 16.8. The molecule has 0 bridgehead atoms. The number of rotatable bonds is 3. The summed E-state index contributed by atoms with van der Waals surface area (Å²) < 4.78 is 2.25. The predicted molar refractivity (Wildman–Crippen MR) is 102 cm³/mol. The average molecular weight is 365 g/mol. The summed E-state index contributed by atoms with van der Waals surface area (Å²) in [6.07, 6.45) is 9.68. The molecule has 6 nitrogen and oxygen atoms in total. The Balaban J connectivity index is 1.57. The zero-order valence-corrected chi connectivity index (χ0v) is 15.1. The number of thiophene rings is 1. The van der Waals surface area contributed by atoms with Crippen LogP contribution in [0.25, 0.3) is 10.7 Å². The van der Waals surface area contributed by atoms with E-state index in [4.69, 9.17) is 5.11 Å². The highest BCUT2D eigenvalue weighted by Crippen LogP contribution is 2.31. The number of imidazole rings is 1. The maximum Gasteiger partial charge on any atom is 0.225 e. The number of nitrogens with zero attached hydrogens (tertiary/aromatic N) is 5. The van der Waals surface area contributed by atoms with Gasteiger partial charge < -0.3 is 14.6 Å². The first-order chi connectivity index (χ1) is 12.8. The van der Waals surface area contributed by atoms with E-state index in [0.29, 0.717) is 6.04 Å². The molecular formula is C19H19N5OS. The van der Waals surface area contributed by atoms with E-state index in [1.165, 1.54) is 0 Å². The molecule has 1 fully saturated rings. The van der Waals surface area contributed by atoms with Gasteiger partial charge in [-0.15, -0.1) is 11.3 Å². The van der Waals surface area contributed by atoms with Crippen LogP contribution in [0.4, 0.5) is 5.95 Å². The molecule has 4 heterocycles. The molecule has 0 saturated carbocycles. The lowest BCUT2D eigenvalue weighted by Crippen LogP contribution is -2.37. The number of aromatic nitrogens is 4. The first-order valence-electron chi connectivity index (χ1n) is 8.58. The molecule has 1 saturated heterocycles. The van der Waals surface area contributed by atoms with Crippen LogP contribution < -0.4 is 4.90 Å². The van der Waals surface area contributed by atoms with Gasteiger partial charge in [0.1, 0.15) is 12.4 Å². The minimum Gasteiger partial charge on any atom is -0.384 e. The first-order valence-corrected chi connectivity index (χ1v) is 9.46. The summed E-state index contributed by atoms with van der Waals surface area (Å²) in [7, 11) is 0. The quantitative estimate of drug-likeness (QED) is 0.723. The molecule has 3 aromatic rings. The van der Waals surface area contributed by atoms with Crippen LogP contribution in [0.2, 0.25) is 0 Å². The van der Waals surface area contributed by atoms with Crippen molar-refractivity contribution in [2.45, 2.75) is 18.9 Å². The van der Waals surface area contributed by atoms with Crippen molar-refractivity contribution in [3.05, 3.63) is 47.9 Å². The van der Waals surface area contributed by atoms with Gasteiger partial charge >= 0.3 is 0 Å². The summed E-state index contributed by atoms with van der Waals surface area (Å²) in [4.78, 5) is 16.7. The second-order valence-electron chi connectivity index (χ2n) is 6.11. The molecule has 7 heteroatoms. The lowest BCUT2D eigenvalue weighted by atomic mass is 10.1. The molecule has 132 valence electrons. The molecule has 0 amide bonds. The van der Waals surface area contributed by atoms with Crippen LogP contribution in [0.15, 0.2) is 42.3 Å². The largest absolute Gasteiger partial charge is 0.384 e. The number of hydrogen-bond donors (Lipinski definition) is 1. The van der Waals surface area contributed by atoms with Gasteiger partial charge in [0, 0.05) is 48.8 Å². The van der Waals surface area contributed by atoms with Crippen molar-refractivity contribution in [3.63, 3.8) is 0 Å². The highest BCUT2D eigenvalue weighted by atomic mass is 32.1. The van der Waals surface area contributed by atoms with Crippen LogP contribution in [0.5, 0.6) is 0 Å². The minimum absolute atomic E-state index is 0.126. The molecule has 0 spiro atoms. The van der Waals surface area contributed by atoms with Crippen molar-refractivity contribution in [2.24, 2.45) is 0 Å². The zero-order chi connectivity index (χ0) is 17.8. The lowest BCUT2D eigenvalue weighted by Gasteiger charge is -2.33. The van der Waals surface area contributed by atoms with Crippen LogP contribution in [-0.2, 0) is 0 Å². The van der Waals surface area contributed by atoms with E-state index in [0.717, 1.165) is 48.1 Å². The van der Waals surface area contributed by atoms with Gasteiger partial charge in [-0.2, -0.15) is 0 Å². The fourth-order valence-electron chi connectivity index (χ4n) is 3.28. The molecule has 0 unspecified atom stereocenters. The van der Waals surface area contributed by atoms with E-state index < -0.39 is 0 Å². The Morgan fingerprint density at radius 1 is 1.23 bits per heavy atom. The minimum atomic E-state index is -0.126. The molecule has 1 aliphatic rings. The normalized spacial score (nSPS) is 17.0. The third-order valence-electron chi connectivity index (χ3n) is 4.43. The van der Waals surface area contributed by atoms with Gasteiger partial charge in [-0.05, 0) is 25.0 Å². The zero-order valence-electron chi connectivity index (χ0n) is 14.2. The monoisotopic (exact) mass is 365 g/mol. The van der Waals surface area contributed by atoms with Gasteiger partial charge in [-0.25, -0.2) is 15.0 Å². The maximum absolute atomic E-state index is 8.85. The third-order valence-corrected chi connectivity index (χ3v) is 5.35. The van der Waals surface area contributed by atoms with Crippen LogP contribution in [0.1, 0.15) is 24.4 Å². The van der Waals surface area contributed by atoms with Crippen LogP contribution in [0.3, 0.4) is 0 Å². The molecule has 1 N–H and O–H groups in total. The van der Waals surface area contributed by atoms with Crippen LogP contribution in [-0.4, -0.2) is 44.3 Å². The van der Waals surface area contributed by atoms with Crippen molar-refractivity contribution in [1.82, 2.24) is 19.5 Å². The number of anilines is 1. The van der Waals surface area contributed by atoms with Crippen molar-refractivity contribution in [3.8, 4) is 22.5 Å². The highest BCUT2D eigenvalue weighted by Gasteiger charge is 2.25.